The van der Waals surface area contributed by atoms with Crippen molar-refractivity contribution in [3.63, 3.8) is 0 Å². The Bertz CT molecular complexity index is 273. The molecule has 13 heavy (non-hydrogen) atoms. The molecular formula is C3H6N6O4. The Morgan fingerprint density at radius 3 is 2.46 bits per heavy atom. The number of carbonyl (C=O) groups is 2. The number of guanidine groups is 1. The van der Waals surface area contributed by atoms with E-state index in [1.807, 2.05) is 0 Å². The molecule has 0 saturated heterocycles. The van der Waals surface area contributed by atoms with E-state index in [1.54, 1.807) is 0 Å². The zero-order valence-corrected chi connectivity index (χ0v) is 6.21. The molecule has 1 heterocycles. The molecule has 0 fully saturated rings. The van der Waals surface area contributed by atoms with Crippen LogP contribution < -0.4 is 17.5 Å². The molecule has 0 aromatic heterocycles. The number of hydrazine groups is 3. The molecule has 10 nitrogen and oxygen atoms in total. The van der Waals surface area contributed by atoms with Crippen molar-refractivity contribution in [3.8, 4) is 0 Å². The number of hydrogen-bond acceptors (Lipinski definition) is 10. The second-order valence-electron chi connectivity index (χ2n) is 1.88. The highest BCUT2D eigenvalue weighted by Crippen LogP contribution is 1.97. The van der Waals surface area contributed by atoms with Crippen LogP contribution in [-0.2, 0) is 19.3 Å². The minimum Gasteiger partial charge on any atom is -0.310 e. The van der Waals surface area contributed by atoms with Crippen molar-refractivity contribution in [2.24, 2.45) is 22.7 Å². The summed E-state index contributed by atoms with van der Waals surface area (Å²) in [5.74, 6) is 11.9. The summed E-state index contributed by atoms with van der Waals surface area (Å²) in [6, 6.07) is 0. The predicted molar refractivity (Wildman–Crippen MR) is 35.9 cm³/mol. The molecule has 10 heteroatoms. The number of nitrogens with two attached hydrogens (primary N) is 3. The van der Waals surface area contributed by atoms with E-state index in [2.05, 4.69) is 14.8 Å². The molecule has 0 unspecified atom stereocenters. The smallest absolute Gasteiger partial charge is 0.310 e. The van der Waals surface area contributed by atoms with Crippen LogP contribution in [0.25, 0.3) is 0 Å². The second-order valence-corrected chi connectivity index (χ2v) is 1.88. The fourth-order valence-corrected chi connectivity index (χ4v) is 0.488. The first-order valence-corrected chi connectivity index (χ1v) is 2.88. The third-order valence-electron chi connectivity index (χ3n) is 0.986. The van der Waals surface area contributed by atoms with Crippen LogP contribution in [0.3, 0.4) is 0 Å². The van der Waals surface area contributed by atoms with Crippen LogP contribution >= 0.6 is 0 Å². The highest BCUT2D eigenvalue weighted by molar-refractivity contribution is 6.30. The summed E-state index contributed by atoms with van der Waals surface area (Å²) in [4.78, 5) is 29.3. The Morgan fingerprint density at radius 2 is 1.92 bits per heavy atom. The average Bonchev–Trinajstić information content (AvgIpc) is 2.13. The Kier molecular flexibility index (Phi) is 2.27. The van der Waals surface area contributed by atoms with E-state index < -0.39 is 17.9 Å². The molecule has 0 amide bonds. The van der Waals surface area contributed by atoms with Crippen LogP contribution in [0.5, 0.6) is 0 Å². The first-order valence-electron chi connectivity index (χ1n) is 2.88. The lowest BCUT2D eigenvalue weighted by atomic mass is 10.7. The van der Waals surface area contributed by atoms with Crippen LogP contribution in [0.15, 0.2) is 5.16 Å². The van der Waals surface area contributed by atoms with Crippen molar-refractivity contribution in [3.05, 3.63) is 0 Å². The molecule has 1 rings (SSSR count). The van der Waals surface area contributed by atoms with Gasteiger partial charge >= 0.3 is 17.9 Å². The summed E-state index contributed by atoms with van der Waals surface area (Å²) >= 11 is 0. The number of rotatable bonds is 0. The van der Waals surface area contributed by atoms with Gasteiger partial charge in [0.05, 0.1) is 0 Å². The van der Waals surface area contributed by atoms with E-state index in [4.69, 9.17) is 17.5 Å². The lowest BCUT2D eigenvalue weighted by molar-refractivity contribution is -0.184. The minimum absolute atomic E-state index is 0.299. The van der Waals surface area contributed by atoms with Gasteiger partial charge in [-0.3, -0.25) is 0 Å². The quantitative estimate of drug-likeness (QED) is 0.153. The molecular weight excluding hydrogens is 184 g/mol. The standard InChI is InChI=1S/C3H6N6O4/c4-8(5)3-7-12-1(10)2(11)13-9(3)6/h4-6H2. The zero-order chi connectivity index (χ0) is 10.0. The molecule has 0 saturated carbocycles. The normalized spacial score (nSPS) is 17.2. The van der Waals surface area contributed by atoms with E-state index in [9.17, 15) is 9.59 Å². The van der Waals surface area contributed by atoms with Gasteiger partial charge < -0.3 is 9.68 Å². The second kappa shape index (κ2) is 3.22. The largest absolute Gasteiger partial charge is 0.445 e. The van der Waals surface area contributed by atoms with Gasteiger partial charge in [-0.05, 0) is 5.16 Å². The van der Waals surface area contributed by atoms with E-state index in [-0.39, 0.29) is 0 Å². The molecule has 0 atom stereocenters. The van der Waals surface area contributed by atoms with Gasteiger partial charge in [-0.15, -0.1) is 0 Å². The number of nitrogens with zero attached hydrogens (tertiary/aromatic N) is 3. The van der Waals surface area contributed by atoms with E-state index >= 15 is 0 Å². The fourth-order valence-electron chi connectivity index (χ4n) is 0.488. The third kappa shape index (κ3) is 1.81. The number of carbonyl (C=O) groups excluding carboxylic acids is 2. The summed E-state index contributed by atoms with van der Waals surface area (Å²) in [6.45, 7) is 0. The van der Waals surface area contributed by atoms with E-state index in [1.165, 1.54) is 0 Å². The van der Waals surface area contributed by atoms with E-state index in [0.717, 1.165) is 0 Å². The van der Waals surface area contributed by atoms with Crippen LogP contribution in [0, 0.1) is 0 Å². The topological polar surface area (TPSA) is 150 Å². The van der Waals surface area contributed by atoms with Crippen molar-refractivity contribution < 1.29 is 19.3 Å². The maximum atomic E-state index is 10.6. The lowest BCUT2D eigenvalue weighted by Gasteiger charge is -2.18. The monoisotopic (exact) mass is 190 g/mol. The Labute approximate surface area is 71.3 Å². The van der Waals surface area contributed by atoms with Gasteiger partial charge in [0.25, 0.3) is 0 Å². The first-order chi connectivity index (χ1) is 6.02. The van der Waals surface area contributed by atoms with Gasteiger partial charge in [0.1, 0.15) is 0 Å². The van der Waals surface area contributed by atoms with Gasteiger partial charge in [-0.1, -0.05) is 5.17 Å². The molecule has 6 N–H and O–H groups in total. The number of hydrogen-bond donors (Lipinski definition) is 3. The lowest BCUT2D eigenvalue weighted by Crippen LogP contribution is -2.54. The Morgan fingerprint density at radius 1 is 1.31 bits per heavy atom. The minimum atomic E-state index is -1.33. The third-order valence-corrected chi connectivity index (χ3v) is 0.986. The summed E-state index contributed by atoms with van der Waals surface area (Å²) in [5, 5.41) is 3.74. The molecule has 1 aliphatic rings. The van der Waals surface area contributed by atoms with Crippen molar-refractivity contribution in [2.45, 2.75) is 0 Å². The molecule has 1 aliphatic heterocycles. The predicted octanol–water partition coefficient (Wildman–Crippen LogP) is -3.50. The summed E-state index contributed by atoms with van der Waals surface area (Å²) in [7, 11) is 0. The highest BCUT2D eigenvalue weighted by atomic mass is 16.8. The van der Waals surface area contributed by atoms with Crippen molar-refractivity contribution >= 4 is 17.9 Å². The van der Waals surface area contributed by atoms with Crippen molar-refractivity contribution in [1.82, 2.24) is 10.3 Å². The van der Waals surface area contributed by atoms with Crippen LogP contribution in [-0.4, -0.2) is 28.2 Å². The Hall–Kier alpha value is -1.91. The molecule has 72 valence electrons. The highest BCUT2D eigenvalue weighted by Gasteiger charge is 2.28. The van der Waals surface area contributed by atoms with Gasteiger partial charge in [0, 0.05) is 0 Å². The molecule has 0 spiro atoms. The van der Waals surface area contributed by atoms with Crippen molar-refractivity contribution in [2.75, 3.05) is 0 Å². The number of oxime groups is 1. The zero-order valence-electron chi connectivity index (χ0n) is 6.21. The summed E-state index contributed by atoms with van der Waals surface area (Å²) in [6.07, 6.45) is 0. The first kappa shape index (κ1) is 9.18. The van der Waals surface area contributed by atoms with Gasteiger partial charge in [0.2, 0.25) is 0 Å². The van der Waals surface area contributed by atoms with Gasteiger partial charge in [0.15, 0.2) is 0 Å². The molecule has 0 aliphatic carbocycles. The van der Waals surface area contributed by atoms with E-state index in [0.29, 0.717) is 10.3 Å². The molecule has 0 bridgehead atoms. The number of hydroxylamine groups is 1. The van der Waals surface area contributed by atoms with Crippen LogP contribution in [0.4, 0.5) is 0 Å². The summed E-state index contributed by atoms with van der Waals surface area (Å²) < 4.78 is 0. The van der Waals surface area contributed by atoms with Gasteiger partial charge in [-0.2, -0.15) is 0 Å². The SMILES string of the molecule is NN(N)C1=NOC(=O)C(=O)ON1N. The molecule has 0 aromatic carbocycles. The molecule has 0 radical (unpaired) electrons. The maximum Gasteiger partial charge on any atom is 0.445 e. The Balaban J connectivity index is 2.86. The van der Waals surface area contributed by atoms with Crippen LogP contribution in [0.2, 0.25) is 0 Å². The van der Waals surface area contributed by atoms with Gasteiger partial charge in [-0.25, -0.2) is 32.2 Å². The molecule has 0 aromatic rings. The van der Waals surface area contributed by atoms with Crippen LogP contribution in [0.1, 0.15) is 0 Å². The maximum absolute atomic E-state index is 10.6. The van der Waals surface area contributed by atoms with Crippen molar-refractivity contribution in [1.29, 1.82) is 0 Å². The summed E-state index contributed by atoms with van der Waals surface area (Å²) in [5.41, 5.74) is 0. The fraction of sp³-hybridized carbons (Fsp3) is 0. The average molecular weight is 190 g/mol.